The Morgan fingerprint density at radius 1 is 0.756 bits per heavy atom. The SMILES string of the molecule is CCNC(=O)C(Cc1ccccc1)N(Cc1ccc(C)cc1)C(=O)CN(c1ccccc1)S(=O)(=O)c1ccccc1. The zero-order valence-corrected chi connectivity index (χ0v) is 24.1. The van der Waals surface area contributed by atoms with Crippen LogP contribution in [0.1, 0.15) is 23.6 Å². The molecule has 4 rings (SSSR count). The minimum atomic E-state index is -4.09. The fourth-order valence-corrected chi connectivity index (χ4v) is 6.01. The topological polar surface area (TPSA) is 86.8 Å². The molecule has 7 nitrogen and oxygen atoms in total. The molecule has 2 amide bonds. The number of rotatable bonds is 12. The van der Waals surface area contributed by atoms with E-state index in [4.69, 9.17) is 0 Å². The zero-order chi connectivity index (χ0) is 29.2. The van der Waals surface area contributed by atoms with Crippen molar-refractivity contribution in [3.05, 3.63) is 132 Å². The first-order valence-corrected chi connectivity index (χ1v) is 15.0. The molecule has 41 heavy (non-hydrogen) atoms. The first kappa shape index (κ1) is 29.6. The maximum Gasteiger partial charge on any atom is 0.264 e. The van der Waals surface area contributed by atoms with Gasteiger partial charge in [-0.25, -0.2) is 8.42 Å². The van der Waals surface area contributed by atoms with Crippen molar-refractivity contribution >= 4 is 27.5 Å². The van der Waals surface area contributed by atoms with E-state index in [2.05, 4.69) is 5.32 Å². The Labute approximate surface area is 242 Å². The average molecular weight is 570 g/mol. The van der Waals surface area contributed by atoms with Crippen molar-refractivity contribution in [1.82, 2.24) is 10.2 Å². The molecule has 212 valence electrons. The third kappa shape index (κ3) is 7.61. The van der Waals surface area contributed by atoms with Crippen molar-refractivity contribution in [2.24, 2.45) is 0 Å². The summed E-state index contributed by atoms with van der Waals surface area (Å²) in [4.78, 5) is 29.3. The highest BCUT2D eigenvalue weighted by Gasteiger charge is 2.34. The van der Waals surface area contributed by atoms with Crippen molar-refractivity contribution in [3.8, 4) is 0 Å². The van der Waals surface area contributed by atoms with Gasteiger partial charge in [0, 0.05) is 19.5 Å². The maximum atomic E-state index is 14.3. The van der Waals surface area contributed by atoms with Gasteiger partial charge in [-0.3, -0.25) is 13.9 Å². The molecular formula is C33H35N3O4S. The Bertz CT molecular complexity index is 1530. The van der Waals surface area contributed by atoms with Gasteiger partial charge in [0.2, 0.25) is 11.8 Å². The molecule has 0 bridgehead atoms. The molecule has 1 unspecified atom stereocenters. The molecule has 0 heterocycles. The predicted octanol–water partition coefficient (Wildman–Crippen LogP) is 4.97. The number of nitrogens with one attached hydrogen (secondary N) is 1. The Morgan fingerprint density at radius 3 is 1.90 bits per heavy atom. The molecule has 0 saturated heterocycles. The van der Waals surface area contributed by atoms with Crippen LogP contribution < -0.4 is 9.62 Å². The zero-order valence-electron chi connectivity index (χ0n) is 23.3. The molecule has 4 aromatic carbocycles. The second kappa shape index (κ2) is 13.8. The quantitative estimate of drug-likeness (QED) is 0.261. The molecule has 1 atom stereocenters. The monoisotopic (exact) mass is 569 g/mol. The lowest BCUT2D eigenvalue weighted by atomic mass is 10.0. The van der Waals surface area contributed by atoms with Crippen LogP contribution in [0.5, 0.6) is 0 Å². The van der Waals surface area contributed by atoms with Crippen molar-refractivity contribution < 1.29 is 18.0 Å². The summed E-state index contributed by atoms with van der Waals surface area (Å²) in [5.74, 6) is -0.782. The van der Waals surface area contributed by atoms with Gasteiger partial charge in [0.05, 0.1) is 10.6 Å². The highest BCUT2D eigenvalue weighted by Crippen LogP contribution is 2.25. The Kier molecular flexibility index (Phi) is 9.92. The molecule has 0 aliphatic rings. The molecule has 1 N–H and O–H groups in total. The Hall–Kier alpha value is -4.43. The van der Waals surface area contributed by atoms with E-state index in [1.54, 1.807) is 48.5 Å². The summed E-state index contributed by atoms with van der Waals surface area (Å²) in [5, 5.41) is 2.87. The smallest absolute Gasteiger partial charge is 0.264 e. The summed E-state index contributed by atoms with van der Waals surface area (Å²) < 4.78 is 28.8. The molecule has 8 heteroatoms. The number of amides is 2. The van der Waals surface area contributed by atoms with E-state index in [0.29, 0.717) is 12.2 Å². The first-order valence-electron chi connectivity index (χ1n) is 13.6. The lowest BCUT2D eigenvalue weighted by molar-refractivity contribution is -0.140. The Morgan fingerprint density at radius 2 is 1.32 bits per heavy atom. The van der Waals surface area contributed by atoms with E-state index >= 15 is 0 Å². The van der Waals surface area contributed by atoms with Gasteiger partial charge in [0.15, 0.2) is 0 Å². The van der Waals surface area contributed by atoms with E-state index in [9.17, 15) is 18.0 Å². The van der Waals surface area contributed by atoms with Gasteiger partial charge in [0.25, 0.3) is 10.0 Å². The Balaban J connectivity index is 1.76. The highest BCUT2D eigenvalue weighted by atomic mass is 32.2. The predicted molar refractivity (Wildman–Crippen MR) is 162 cm³/mol. The van der Waals surface area contributed by atoms with Crippen LogP contribution in [0.4, 0.5) is 5.69 Å². The van der Waals surface area contributed by atoms with Crippen LogP contribution in [-0.2, 0) is 32.6 Å². The molecule has 0 aliphatic heterocycles. The number of anilines is 1. The summed E-state index contributed by atoms with van der Waals surface area (Å²) in [6, 6.07) is 33.0. The number of aryl methyl sites for hydroxylation is 1. The standard InChI is InChI=1S/C33H35N3O4S/c1-3-34-33(38)31(23-27-13-7-4-8-14-27)35(24-28-21-19-26(2)20-22-28)32(37)25-36(29-15-9-5-10-16-29)41(39,40)30-17-11-6-12-18-30/h4-22,31H,3,23-25H2,1-2H3,(H,34,38). The molecule has 0 spiro atoms. The molecule has 0 aromatic heterocycles. The lowest BCUT2D eigenvalue weighted by Gasteiger charge is -2.33. The van der Waals surface area contributed by atoms with Gasteiger partial charge in [-0.15, -0.1) is 0 Å². The molecule has 4 aromatic rings. The summed E-state index contributed by atoms with van der Waals surface area (Å²) in [7, 11) is -4.09. The average Bonchev–Trinajstić information content (AvgIpc) is 3.00. The number of para-hydroxylation sites is 1. The van der Waals surface area contributed by atoms with Crippen LogP contribution in [0.25, 0.3) is 0 Å². The summed E-state index contributed by atoms with van der Waals surface area (Å²) in [6.45, 7) is 3.87. The van der Waals surface area contributed by atoms with Crippen LogP contribution in [0, 0.1) is 6.92 Å². The van der Waals surface area contributed by atoms with Crippen LogP contribution in [0.2, 0.25) is 0 Å². The normalized spacial score (nSPS) is 11.9. The van der Waals surface area contributed by atoms with Crippen molar-refractivity contribution in [1.29, 1.82) is 0 Å². The van der Waals surface area contributed by atoms with E-state index in [0.717, 1.165) is 21.0 Å². The summed E-state index contributed by atoms with van der Waals surface area (Å²) in [6.07, 6.45) is 0.279. The number of sulfonamides is 1. The van der Waals surface area contributed by atoms with E-state index < -0.39 is 28.5 Å². The van der Waals surface area contributed by atoms with Crippen molar-refractivity contribution in [2.45, 2.75) is 37.8 Å². The minimum Gasteiger partial charge on any atom is -0.355 e. The fraction of sp³-hybridized carbons (Fsp3) is 0.212. The first-order chi connectivity index (χ1) is 19.8. The highest BCUT2D eigenvalue weighted by molar-refractivity contribution is 7.92. The molecule has 0 fully saturated rings. The van der Waals surface area contributed by atoms with Gasteiger partial charge < -0.3 is 10.2 Å². The van der Waals surface area contributed by atoms with Crippen LogP contribution >= 0.6 is 0 Å². The van der Waals surface area contributed by atoms with Crippen molar-refractivity contribution in [2.75, 3.05) is 17.4 Å². The van der Waals surface area contributed by atoms with Gasteiger partial charge in [-0.2, -0.15) is 0 Å². The van der Waals surface area contributed by atoms with E-state index in [1.165, 1.54) is 17.0 Å². The lowest BCUT2D eigenvalue weighted by Crippen LogP contribution is -2.53. The molecule has 0 aliphatic carbocycles. The number of hydrogen-bond acceptors (Lipinski definition) is 4. The molecular weight excluding hydrogens is 534 g/mol. The molecule has 0 saturated carbocycles. The van der Waals surface area contributed by atoms with Crippen molar-refractivity contribution in [3.63, 3.8) is 0 Å². The molecule has 0 radical (unpaired) electrons. The van der Waals surface area contributed by atoms with Gasteiger partial charge in [-0.1, -0.05) is 96.6 Å². The maximum absolute atomic E-state index is 14.3. The van der Waals surface area contributed by atoms with Crippen LogP contribution in [0.15, 0.2) is 120 Å². The van der Waals surface area contributed by atoms with Gasteiger partial charge in [-0.05, 0) is 49.2 Å². The van der Waals surface area contributed by atoms with Crippen LogP contribution in [0.3, 0.4) is 0 Å². The number of likely N-dealkylation sites (N-methyl/N-ethyl adjacent to an activating group) is 1. The fourth-order valence-electron chi connectivity index (χ4n) is 4.58. The van der Waals surface area contributed by atoms with Crippen LogP contribution in [-0.4, -0.2) is 44.3 Å². The van der Waals surface area contributed by atoms with E-state index in [1.807, 2.05) is 68.4 Å². The largest absolute Gasteiger partial charge is 0.355 e. The number of nitrogens with zero attached hydrogens (tertiary/aromatic N) is 2. The third-order valence-electron chi connectivity index (χ3n) is 6.75. The van der Waals surface area contributed by atoms with E-state index in [-0.39, 0.29) is 23.8 Å². The van der Waals surface area contributed by atoms with Gasteiger partial charge in [0.1, 0.15) is 12.6 Å². The second-order valence-corrected chi connectivity index (χ2v) is 11.6. The number of hydrogen-bond donors (Lipinski definition) is 1. The number of carbonyl (C=O) groups is 2. The third-order valence-corrected chi connectivity index (χ3v) is 8.54. The minimum absolute atomic E-state index is 0.0753. The second-order valence-electron chi connectivity index (χ2n) is 9.77. The van der Waals surface area contributed by atoms with Gasteiger partial charge >= 0.3 is 0 Å². The summed E-state index contributed by atoms with van der Waals surface area (Å²) in [5.41, 5.74) is 3.16. The number of benzene rings is 4. The number of carbonyl (C=O) groups excluding carboxylic acids is 2. The summed E-state index contributed by atoms with van der Waals surface area (Å²) >= 11 is 0.